The molecule has 0 amide bonds. The van der Waals surface area contributed by atoms with Gasteiger partial charge in [0.25, 0.3) is 6.29 Å². The van der Waals surface area contributed by atoms with E-state index in [0.717, 1.165) is 0 Å². The summed E-state index contributed by atoms with van der Waals surface area (Å²) in [4.78, 5) is 21.7. The highest BCUT2D eigenvalue weighted by molar-refractivity contribution is 5.86. The first-order chi connectivity index (χ1) is 6.30. The minimum absolute atomic E-state index is 0.244. The van der Waals surface area contributed by atoms with Crippen molar-refractivity contribution in [2.45, 2.75) is 34.0 Å². The number of hydrogen-bond donors (Lipinski definition) is 0. The Labute approximate surface area is 82.9 Å². The number of carbonyl (C=O) groups is 2. The fourth-order valence-electron chi connectivity index (χ4n) is 1.21. The van der Waals surface area contributed by atoms with Crippen molar-refractivity contribution in [3.05, 3.63) is 11.6 Å². The second kappa shape index (κ2) is 3.44. The van der Waals surface area contributed by atoms with Gasteiger partial charge >= 0.3 is 11.9 Å². The summed E-state index contributed by atoms with van der Waals surface area (Å²) in [7, 11) is 0. The van der Waals surface area contributed by atoms with Crippen LogP contribution < -0.4 is 0 Å². The van der Waals surface area contributed by atoms with Gasteiger partial charge in [-0.1, -0.05) is 20.8 Å². The molecule has 1 aliphatic rings. The van der Waals surface area contributed by atoms with E-state index in [-0.39, 0.29) is 5.41 Å². The first-order valence-electron chi connectivity index (χ1n) is 4.40. The Morgan fingerprint density at radius 2 is 2.07 bits per heavy atom. The van der Waals surface area contributed by atoms with Crippen LogP contribution in [0.15, 0.2) is 11.6 Å². The molecule has 78 valence electrons. The lowest BCUT2D eigenvalue weighted by Gasteiger charge is -2.24. The summed E-state index contributed by atoms with van der Waals surface area (Å²) in [6.07, 6.45) is 0.535. The summed E-state index contributed by atoms with van der Waals surface area (Å²) in [5, 5.41) is 0. The molecule has 0 saturated heterocycles. The average Bonchev–Trinajstić information content (AvgIpc) is 2.28. The smallest absolute Gasteiger partial charge is 0.334 e. The molecule has 0 bridgehead atoms. The number of rotatable bonds is 1. The molecule has 1 atom stereocenters. The van der Waals surface area contributed by atoms with Crippen LogP contribution in [0.4, 0.5) is 0 Å². The minimum atomic E-state index is -0.847. The Balaban J connectivity index is 2.84. The Bertz CT molecular complexity index is 296. The molecule has 0 aromatic carbocycles. The first-order valence-corrected chi connectivity index (χ1v) is 4.40. The van der Waals surface area contributed by atoms with Gasteiger partial charge in [-0.15, -0.1) is 0 Å². The van der Waals surface area contributed by atoms with E-state index in [2.05, 4.69) is 0 Å². The van der Waals surface area contributed by atoms with Crippen molar-refractivity contribution in [1.82, 2.24) is 0 Å². The van der Waals surface area contributed by atoms with E-state index in [1.165, 1.54) is 13.0 Å². The third kappa shape index (κ3) is 2.34. The molecule has 0 aliphatic carbocycles. The normalized spacial score (nSPS) is 21.6. The van der Waals surface area contributed by atoms with Crippen molar-refractivity contribution >= 4 is 11.9 Å². The molecule has 0 radical (unpaired) electrons. The number of carbonyl (C=O) groups excluding carboxylic acids is 2. The van der Waals surface area contributed by atoms with Gasteiger partial charge in [-0.2, -0.15) is 0 Å². The maximum absolute atomic E-state index is 11.0. The molecule has 0 aromatic rings. The van der Waals surface area contributed by atoms with E-state index in [1.54, 1.807) is 0 Å². The topological polar surface area (TPSA) is 52.6 Å². The van der Waals surface area contributed by atoms with Crippen LogP contribution in [0.3, 0.4) is 0 Å². The quantitative estimate of drug-likeness (QED) is 0.598. The molecule has 14 heavy (non-hydrogen) atoms. The average molecular weight is 198 g/mol. The molecule has 0 fully saturated rings. The number of esters is 2. The predicted molar refractivity (Wildman–Crippen MR) is 49.2 cm³/mol. The van der Waals surface area contributed by atoms with Crippen LogP contribution in [0.25, 0.3) is 0 Å². The van der Waals surface area contributed by atoms with Crippen LogP contribution in [0.2, 0.25) is 0 Å². The van der Waals surface area contributed by atoms with Crippen LogP contribution >= 0.6 is 0 Å². The number of hydrogen-bond acceptors (Lipinski definition) is 4. The third-order valence-corrected chi connectivity index (χ3v) is 1.89. The van der Waals surface area contributed by atoms with Gasteiger partial charge in [-0.3, -0.25) is 4.79 Å². The molecule has 0 spiro atoms. The summed E-state index contributed by atoms with van der Waals surface area (Å²) in [5.74, 6) is -0.916. The molecular formula is C10H14O4. The van der Waals surface area contributed by atoms with Crippen LogP contribution in [0, 0.1) is 5.41 Å². The molecular weight excluding hydrogens is 184 g/mol. The predicted octanol–water partition coefficient (Wildman–Crippen LogP) is 1.40. The largest absolute Gasteiger partial charge is 0.421 e. The fraction of sp³-hybridized carbons (Fsp3) is 0.600. The van der Waals surface area contributed by atoms with Crippen LogP contribution in [-0.2, 0) is 19.1 Å². The van der Waals surface area contributed by atoms with E-state index < -0.39 is 18.2 Å². The fourth-order valence-corrected chi connectivity index (χ4v) is 1.21. The Morgan fingerprint density at radius 1 is 1.50 bits per heavy atom. The van der Waals surface area contributed by atoms with E-state index in [0.29, 0.717) is 5.57 Å². The minimum Gasteiger partial charge on any atom is -0.421 e. The lowest BCUT2D eigenvalue weighted by atomic mass is 9.86. The van der Waals surface area contributed by atoms with Crippen LogP contribution in [-0.4, -0.2) is 18.2 Å². The monoisotopic (exact) mass is 198 g/mol. The first kappa shape index (κ1) is 10.8. The second-order valence-corrected chi connectivity index (χ2v) is 4.23. The molecule has 1 rings (SSSR count). The van der Waals surface area contributed by atoms with Crippen LogP contribution in [0.1, 0.15) is 27.7 Å². The van der Waals surface area contributed by atoms with E-state index in [1.807, 2.05) is 20.8 Å². The van der Waals surface area contributed by atoms with Crippen molar-refractivity contribution in [3.63, 3.8) is 0 Å². The summed E-state index contributed by atoms with van der Waals surface area (Å²) in [5.41, 5.74) is 0.449. The van der Waals surface area contributed by atoms with Crippen molar-refractivity contribution in [2.24, 2.45) is 5.41 Å². The second-order valence-electron chi connectivity index (χ2n) is 4.23. The molecule has 0 aromatic heterocycles. The summed E-state index contributed by atoms with van der Waals surface area (Å²) in [6, 6.07) is 0. The molecule has 0 N–H and O–H groups in total. The zero-order chi connectivity index (χ0) is 10.9. The number of ether oxygens (including phenoxy) is 2. The van der Waals surface area contributed by atoms with Gasteiger partial charge in [0, 0.05) is 18.6 Å². The van der Waals surface area contributed by atoms with Crippen molar-refractivity contribution in [2.75, 3.05) is 0 Å². The maximum atomic E-state index is 11.0. The van der Waals surface area contributed by atoms with Gasteiger partial charge in [0.2, 0.25) is 0 Å². The zero-order valence-electron chi connectivity index (χ0n) is 8.79. The van der Waals surface area contributed by atoms with Gasteiger partial charge in [0.1, 0.15) is 0 Å². The van der Waals surface area contributed by atoms with Crippen molar-refractivity contribution < 1.29 is 19.1 Å². The Morgan fingerprint density at radius 3 is 2.50 bits per heavy atom. The van der Waals surface area contributed by atoms with E-state index in [9.17, 15) is 9.59 Å². The lowest BCUT2D eigenvalue weighted by Crippen LogP contribution is -2.25. The number of cyclic esters (lactones) is 1. The highest BCUT2D eigenvalue weighted by Crippen LogP contribution is 2.33. The summed E-state index contributed by atoms with van der Waals surface area (Å²) in [6.45, 7) is 7.07. The van der Waals surface area contributed by atoms with Gasteiger partial charge in [0.15, 0.2) is 0 Å². The molecule has 1 heterocycles. The molecule has 1 unspecified atom stereocenters. The highest BCUT2D eigenvalue weighted by atomic mass is 16.7. The maximum Gasteiger partial charge on any atom is 0.334 e. The third-order valence-electron chi connectivity index (χ3n) is 1.89. The molecule has 4 heteroatoms. The Kier molecular flexibility index (Phi) is 2.64. The van der Waals surface area contributed by atoms with E-state index >= 15 is 0 Å². The molecule has 0 saturated carbocycles. The van der Waals surface area contributed by atoms with Gasteiger partial charge in [-0.05, 0) is 5.41 Å². The highest BCUT2D eigenvalue weighted by Gasteiger charge is 2.35. The van der Waals surface area contributed by atoms with E-state index in [4.69, 9.17) is 9.47 Å². The standard InChI is InChI=1S/C10H14O4/c1-6(11)13-9-7(10(2,3)4)5-8(12)14-9/h5,9H,1-4H3. The van der Waals surface area contributed by atoms with Crippen LogP contribution in [0.5, 0.6) is 0 Å². The van der Waals surface area contributed by atoms with Gasteiger partial charge in [-0.25, -0.2) is 4.79 Å². The Hall–Kier alpha value is -1.32. The zero-order valence-corrected chi connectivity index (χ0v) is 8.79. The van der Waals surface area contributed by atoms with Gasteiger partial charge in [0.05, 0.1) is 0 Å². The van der Waals surface area contributed by atoms with Gasteiger partial charge < -0.3 is 9.47 Å². The SMILES string of the molecule is CC(=O)OC1OC(=O)C=C1C(C)(C)C. The molecule has 1 aliphatic heterocycles. The molecule has 4 nitrogen and oxygen atoms in total. The summed E-state index contributed by atoms with van der Waals surface area (Å²) < 4.78 is 9.71. The van der Waals surface area contributed by atoms with Crippen molar-refractivity contribution in [1.29, 1.82) is 0 Å². The summed E-state index contributed by atoms with van der Waals surface area (Å²) >= 11 is 0. The van der Waals surface area contributed by atoms with Crippen molar-refractivity contribution in [3.8, 4) is 0 Å². The lowest BCUT2D eigenvalue weighted by molar-refractivity contribution is -0.173.